The van der Waals surface area contributed by atoms with Crippen molar-refractivity contribution < 1.29 is 5.11 Å². The molecule has 6 heteroatoms. The summed E-state index contributed by atoms with van der Waals surface area (Å²) >= 11 is 7.95. The summed E-state index contributed by atoms with van der Waals surface area (Å²) in [7, 11) is 0. The molecule has 0 spiro atoms. The Hall–Kier alpha value is -1.17. The summed E-state index contributed by atoms with van der Waals surface area (Å²) < 4.78 is 1.85. The standard InChI is InChI=1S/C16H20ClN3OS/c17-13-3-1-12(2-4-13)15-11-16(20(19-15)7-8-21)18-14-5-9-22-10-6-14/h1-4,11,14,18,21H,5-10H2. The molecule has 1 aliphatic rings. The van der Waals surface area contributed by atoms with Gasteiger partial charge in [-0.15, -0.1) is 0 Å². The summed E-state index contributed by atoms with van der Waals surface area (Å²) in [6.07, 6.45) is 2.34. The van der Waals surface area contributed by atoms with Gasteiger partial charge in [0.05, 0.1) is 18.8 Å². The van der Waals surface area contributed by atoms with Crippen LogP contribution in [0.3, 0.4) is 0 Å². The molecule has 2 aromatic rings. The molecule has 0 unspecified atom stereocenters. The topological polar surface area (TPSA) is 50.1 Å². The molecule has 0 bridgehead atoms. The van der Waals surface area contributed by atoms with Gasteiger partial charge < -0.3 is 10.4 Å². The fourth-order valence-electron chi connectivity index (χ4n) is 2.61. The third kappa shape index (κ3) is 3.77. The Labute approximate surface area is 139 Å². The Morgan fingerprint density at radius 2 is 2.00 bits per heavy atom. The zero-order valence-corrected chi connectivity index (χ0v) is 13.9. The van der Waals surface area contributed by atoms with Crippen molar-refractivity contribution in [3.05, 3.63) is 35.4 Å². The summed E-state index contributed by atoms with van der Waals surface area (Å²) in [6.45, 7) is 0.578. The van der Waals surface area contributed by atoms with Crippen LogP contribution in [-0.2, 0) is 6.54 Å². The maximum Gasteiger partial charge on any atom is 0.125 e. The van der Waals surface area contributed by atoms with Crippen molar-refractivity contribution in [1.29, 1.82) is 0 Å². The van der Waals surface area contributed by atoms with Crippen LogP contribution in [0.1, 0.15) is 12.8 Å². The van der Waals surface area contributed by atoms with Crippen LogP contribution in [0.2, 0.25) is 5.02 Å². The molecule has 0 radical (unpaired) electrons. The van der Waals surface area contributed by atoms with Gasteiger partial charge in [0, 0.05) is 22.7 Å². The van der Waals surface area contributed by atoms with E-state index in [1.54, 1.807) is 0 Å². The van der Waals surface area contributed by atoms with Gasteiger partial charge in [0.15, 0.2) is 0 Å². The lowest BCUT2D eigenvalue weighted by atomic mass is 10.1. The zero-order chi connectivity index (χ0) is 15.4. The number of rotatable bonds is 5. The molecular formula is C16H20ClN3OS. The van der Waals surface area contributed by atoms with Crippen LogP contribution in [0.5, 0.6) is 0 Å². The minimum absolute atomic E-state index is 0.0803. The number of halogens is 1. The summed E-state index contributed by atoms with van der Waals surface area (Å²) in [5.74, 6) is 3.39. The monoisotopic (exact) mass is 337 g/mol. The lowest BCUT2D eigenvalue weighted by Gasteiger charge is -2.23. The third-order valence-electron chi connectivity index (χ3n) is 3.81. The Balaban J connectivity index is 1.82. The first kappa shape index (κ1) is 15.7. The van der Waals surface area contributed by atoms with Crippen LogP contribution in [-0.4, -0.2) is 39.0 Å². The molecule has 4 nitrogen and oxygen atoms in total. The largest absolute Gasteiger partial charge is 0.394 e. The van der Waals surface area contributed by atoms with E-state index in [4.69, 9.17) is 11.6 Å². The second kappa shape index (κ2) is 7.40. The summed E-state index contributed by atoms with van der Waals surface area (Å²) in [5.41, 5.74) is 1.93. The average molecular weight is 338 g/mol. The molecule has 22 heavy (non-hydrogen) atoms. The highest BCUT2D eigenvalue weighted by Crippen LogP contribution is 2.26. The molecular weight excluding hydrogens is 318 g/mol. The van der Waals surface area contributed by atoms with Crippen LogP contribution in [0, 0.1) is 0 Å². The molecule has 1 saturated heterocycles. The minimum atomic E-state index is 0.0803. The van der Waals surface area contributed by atoms with Crippen LogP contribution in [0.15, 0.2) is 30.3 Å². The average Bonchev–Trinajstić information content (AvgIpc) is 2.92. The van der Waals surface area contributed by atoms with Gasteiger partial charge >= 0.3 is 0 Å². The number of thioether (sulfide) groups is 1. The van der Waals surface area contributed by atoms with Gasteiger partial charge in [0.25, 0.3) is 0 Å². The molecule has 1 fully saturated rings. The van der Waals surface area contributed by atoms with E-state index >= 15 is 0 Å². The van der Waals surface area contributed by atoms with Gasteiger partial charge in [-0.3, -0.25) is 0 Å². The molecule has 118 valence electrons. The van der Waals surface area contributed by atoms with Crippen LogP contribution in [0.4, 0.5) is 5.82 Å². The molecule has 1 aromatic carbocycles. The number of hydrogen-bond donors (Lipinski definition) is 2. The van der Waals surface area contributed by atoms with Gasteiger partial charge in [0.2, 0.25) is 0 Å². The van der Waals surface area contributed by atoms with Crippen molar-refractivity contribution in [2.24, 2.45) is 0 Å². The molecule has 1 aromatic heterocycles. The molecule has 1 aliphatic heterocycles. The fourth-order valence-corrected chi connectivity index (χ4v) is 3.84. The molecule has 0 aliphatic carbocycles. The van der Waals surface area contributed by atoms with Crippen LogP contribution < -0.4 is 5.32 Å². The number of aliphatic hydroxyl groups is 1. The number of hydrogen-bond acceptors (Lipinski definition) is 4. The second-order valence-electron chi connectivity index (χ2n) is 5.40. The molecule has 0 atom stereocenters. The first-order valence-electron chi connectivity index (χ1n) is 7.55. The molecule has 0 saturated carbocycles. The second-order valence-corrected chi connectivity index (χ2v) is 7.06. The first-order chi connectivity index (χ1) is 10.8. The van der Waals surface area contributed by atoms with E-state index in [-0.39, 0.29) is 6.61 Å². The van der Waals surface area contributed by atoms with Gasteiger partial charge in [-0.2, -0.15) is 16.9 Å². The van der Waals surface area contributed by atoms with E-state index in [1.807, 2.05) is 40.7 Å². The van der Waals surface area contributed by atoms with E-state index < -0.39 is 0 Å². The Bertz CT molecular complexity index is 608. The summed E-state index contributed by atoms with van der Waals surface area (Å²) in [6, 6.07) is 10.2. The van der Waals surface area contributed by atoms with Crippen molar-refractivity contribution >= 4 is 29.2 Å². The number of nitrogens with zero attached hydrogens (tertiary/aromatic N) is 2. The molecule has 2 heterocycles. The quantitative estimate of drug-likeness (QED) is 0.876. The highest BCUT2D eigenvalue weighted by atomic mass is 35.5. The lowest BCUT2D eigenvalue weighted by molar-refractivity contribution is 0.270. The van der Waals surface area contributed by atoms with Crippen LogP contribution in [0.25, 0.3) is 11.3 Å². The predicted molar refractivity (Wildman–Crippen MR) is 93.7 cm³/mol. The van der Waals surface area contributed by atoms with Gasteiger partial charge in [-0.1, -0.05) is 23.7 Å². The highest BCUT2D eigenvalue weighted by molar-refractivity contribution is 7.99. The van der Waals surface area contributed by atoms with Crippen molar-refractivity contribution in [3.63, 3.8) is 0 Å². The number of aromatic nitrogens is 2. The lowest BCUT2D eigenvalue weighted by Crippen LogP contribution is -2.26. The highest BCUT2D eigenvalue weighted by Gasteiger charge is 2.16. The van der Waals surface area contributed by atoms with Crippen molar-refractivity contribution in [1.82, 2.24) is 9.78 Å². The van der Waals surface area contributed by atoms with Gasteiger partial charge in [-0.05, 0) is 36.5 Å². The first-order valence-corrected chi connectivity index (χ1v) is 9.08. The van der Waals surface area contributed by atoms with E-state index in [2.05, 4.69) is 16.5 Å². The smallest absolute Gasteiger partial charge is 0.125 e. The maximum absolute atomic E-state index is 9.26. The number of anilines is 1. The van der Waals surface area contributed by atoms with Crippen LogP contribution >= 0.6 is 23.4 Å². The fraction of sp³-hybridized carbons (Fsp3) is 0.438. The zero-order valence-electron chi connectivity index (χ0n) is 12.3. The number of nitrogens with one attached hydrogen (secondary N) is 1. The van der Waals surface area contributed by atoms with E-state index in [0.717, 1.165) is 22.1 Å². The summed E-state index contributed by atoms with van der Waals surface area (Å²) in [5, 5.41) is 18.2. The third-order valence-corrected chi connectivity index (χ3v) is 5.11. The van der Waals surface area contributed by atoms with E-state index in [9.17, 15) is 5.11 Å². The normalized spacial score (nSPS) is 15.9. The van der Waals surface area contributed by atoms with Gasteiger partial charge in [-0.25, -0.2) is 4.68 Å². The maximum atomic E-state index is 9.26. The predicted octanol–water partition coefficient (Wildman–Crippen LogP) is 3.50. The van der Waals surface area contributed by atoms with Crippen molar-refractivity contribution in [2.45, 2.75) is 25.4 Å². The van der Waals surface area contributed by atoms with Crippen molar-refractivity contribution in [2.75, 3.05) is 23.4 Å². The molecule has 2 N–H and O–H groups in total. The SMILES string of the molecule is OCCn1nc(-c2ccc(Cl)cc2)cc1NC1CCSCC1. The minimum Gasteiger partial charge on any atom is -0.394 e. The molecule has 3 rings (SSSR count). The van der Waals surface area contributed by atoms with E-state index in [0.29, 0.717) is 12.6 Å². The summed E-state index contributed by atoms with van der Waals surface area (Å²) in [4.78, 5) is 0. The Morgan fingerprint density at radius 1 is 1.27 bits per heavy atom. The molecule has 0 amide bonds. The Morgan fingerprint density at radius 3 is 2.68 bits per heavy atom. The van der Waals surface area contributed by atoms with E-state index in [1.165, 1.54) is 24.3 Å². The number of aliphatic hydroxyl groups excluding tert-OH is 1. The van der Waals surface area contributed by atoms with Crippen molar-refractivity contribution in [3.8, 4) is 11.3 Å². The number of benzene rings is 1. The van der Waals surface area contributed by atoms with Gasteiger partial charge in [0.1, 0.15) is 5.82 Å². The Kier molecular flexibility index (Phi) is 5.28.